The number of rotatable bonds is 5. The van der Waals surface area contributed by atoms with Crippen molar-refractivity contribution in [3.63, 3.8) is 0 Å². The van der Waals surface area contributed by atoms with Crippen LogP contribution in [0.25, 0.3) is 0 Å². The zero-order chi connectivity index (χ0) is 10.5. The van der Waals surface area contributed by atoms with Crippen LogP contribution < -0.4 is 5.73 Å². The molecule has 0 saturated heterocycles. The molecule has 0 aliphatic carbocycles. The van der Waals surface area contributed by atoms with Crippen molar-refractivity contribution in [1.82, 2.24) is 0 Å². The lowest BCUT2D eigenvalue weighted by atomic mass is 9.84. The molecule has 1 heteroatoms. The van der Waals surface area contributed by atoms with Crippen LogP contribution in [0, 0.1) is 11.3 Å². The second-order valence-electron chi connectivity index (χ2n) is 5.34. The van der Waals surface area contributed by atoms with Gasteiger partial charge in [0.05, 0.1) is 0 Å². The zero-order valence-corrected chi connectivity index (χ0v) is 10.1. The Morgan fingerprint density at radius 1 is 1.08 bits per heavy atom. The van der Waals surface area contributed by atoms with Gasteiger partial charge in [-0.3, -0.25) is 0 Å². The first-order valence-electron chi connectivity index (χ1n) is 5.66. The molecular formula is C12H27N. The molecule has 0 amide bonds. The van der Waals surface area contributed by atoms with Crippen LogP contribution in [-0.4, -0.2) is 6.04 Å². The highest BCUT2D eigenvalue weighted by Gasteiger charge is 2.17. The molecule has 0 aromatic carbocycles. The molecule has 2 N–H and O–H groups in total. The standard InChI is InChI=1S/C12H27N/c1-6-10(7-2)11(13)8-9-12(3,4)5/h10-11H,6-9,13H2,1-5H3. The van der Waals surface area contributed by atoms with Gasteiger partial charge in [-0.05, 0) is 24.2 Å². The third-order valence-corrected chi connectivity index (χ3v) is 2.88. The third-order valence-electron chi connectivity index (χ3n) is 2.88. The molecule has 0 aliphatic rings. The predicted molar refractivity (Wildman–Crippen MR) is 60.7 cm³/mol. The van der Waals surface area contributed by atoms with E-state index in [0.29, 0.717) is 11.5 Å². The molecule has 1 nitrogen and oxygen atoms in total. The van der Waals surface area contributed by atoms with Gasteiger partial charge < -0.3 is 5.73 Å². The molecule has 1 atom stereocenters. The summed E-state index contributed by atoms with van der Waals surface area (Å²) in [5.74, 6) is 0.724. The van der Waals surface area contributed by atoms with Gasteiger partial charge in [-0.2, -0.15) is 0 Å². The van der Waals surface area contributed by atoms with Crippen LogP contribution in [-0.2, 0) is 0 Å². The highest BCUT2D eigenvalue weighted by atomic mass is 14.6. The van der Waals surface area contributed by atoms with Gasteiger partial charge in [0.15, 0.2) is 0 Å². The minimum Gasteiger partial charge on any atom is -0.327 e. The predicted octanol–water partition coefficient (Wildman–Crippen LogP) is 3.58. The molecule has 0 radical (unpaired) electrons. The van der Waals surface area contributed by atoms with Crippen LogP contribution in [0.5, 0.6) is 0 Å². The lowest BCUT2D eigenvalue weighted by molar-refractivity contribution is 0.301. The number of nitrogens with two attached hydrogens (primary N) is 1. The van der Waals surface area contributed by atoms with Gasteiger partial charge in [-0.1, -0.05) is 47.5 Å². The second kappa shape index (κ2) is 5.64. The Balaban J connectivity index is 3.78. The van der Waals surface area contributed by atoms with E-state index in [2.05, 4.69) is 34.6 Å². The summed E-state index contributed by atoms with van der Waals surface area (Å²) in [4.78, 5) is 0. The van der Waals surface area contributed by atoms with Crippen LogP contribution >= 0.6 is 0 Å². The molecule has 13 heavy (non-hydrogen) atoms. The smallest absolute Gasteiger partial charge is 0.00671 e. The number of hydrogen-bond donors (Lipinski definition) is 1. The van der Waals surface area contributed by atoms with Crippen molar-refractivity contribution in [2.45, 2.75) is 66.3 Å². The van der Waals surface area contributed by atoms with Gasteiger partial charge >= 0.3 is 0 Å². The molecule has 0 bridgehead atoms. The third kappa shape index (κ3) is 6.09. The quantitative estimate of drug-likeness (QED) is 0.696. The van der Waals surface area contributed by atoms with Crippen molar-refractivity contribution in [3.8, 4) is 0 Å². The molecular weight excluding hydrogens is 158 g/mol. The maximum Gasteiger partial charge on any atom is 0.00671 e. The van der Waals surface area contributed by atoms with Crippen molar-refractivity contribution in [3.05, 3.63) is 0 Å². The molecule has 0 saturated carbocycles. The molecule has 1 unspecified atom stereocenters. The molecule has 0 heterocycles. The van der Waals surface area contributed by atoms with Crippen molar-refractivity contribution >= 4 is 0 Å². The molecule has 0 fully saturated rings. The summed E-state index contributed by atoms with van der Waals surface area (Å²) in [5, 5.41) is 0. The first-order chi connectivity index (χ1) is 5.90. The van der Waals surface area contributed by atoms with E-state index in [1.54, 1.807) is 0 Å². The van der Waals surface area contributed by atoms with E-state index in [0.717, 1.165) is 5.92 Å². The van der Waals surface area contributed by atoms with Gasteiger partial charge in [0, 0.05) is 6.04 Å². The summed E-state index contributed by atoms with van der Waals surface area (Å²) < 4.78 is 0. The molecule has 0 aromatic rings. The highest BCUT2D eigenvalue weighted by Crippen LogP contribution is 2.24. The first kappa shape index (κ1) is 13.0. The van der Waals surface area contributed by atoms with Gasteiger partial charge in [-0.25, -0.2) is 0 Å². The van der Waals surface area contributed by atoms with Crippen molar-refractivity contribution < 1.29 is 0 Å². The van der Waals surface area contributed by atoms with Crippen molar-refractivity contribution in [1.29, 1.82) is 0 Å². The van der Waals surface area contributed by atoms with Crippen molar-refractivity contribution in [2.24, 2.45) is 17.1 Å². The molecule has 0 aromatic heterocycles. The highest BCUT2D eigenvalue weighted by molar-refractivity contribution is 4.73. The van der Waals surface area contributed by atoms with Crippen molar-refractivity contribution in [2.75, 3.05) is 0 Å². The maximum atomic E-state index is 6.15. The lowest BCUT2D eigenvalue weighted by Gasteiger charge is -2.25. The van der Waals surface area contributed by atoms with E-state index in [-0.39, 0.29) is 0 Å². The van der Waals surface area contributed by atoms with Crippen LogP contribution in [0.3, 0.4) is 0 Å². The maximum absolute atomic E-state index is 6.15. The van der Waals surface area contributed by atoms with E-state index >= 15 is 0 Å². The summed E-state index contributed by atoms with van der Waals surface area (Å²) in [7, 11) is 0. The number of hydrogen-bond acceptors (Lipinski definition) is 1. The Morgan fingerprint density at radius 2 is 1.54 bits per heavy atom. The SMILES string of the molecule is CCC(CC)C(N)CCC(C)(C)C. The van der Waals surface area contributed by atoms with Crippen LogP contribution in [0.15, 0.2) is 0 Å². The van der Waals surface area contributed by atoms with E-state index in [1.807, 2.05) is 0 Å². The fourth-order valence-corrected chi connectivity index (χ4v) is 1.73. The normalized spacial score (nSPS) is 15.0. The van der Waals surface area contributed by atoms with E-state index in [4.69, 9.17) is 5.73 Å². The monoisotopic (exact) mass is 185 g/mol. The fourth-order valence-electron chi connectivity index (χ4n) is 1.73. The Labute approximate surface area is 84.1 Å². The van der Waals surface area contributed by atoms with Gasteiger partial charge in [-0.15, -0.1) is 0 Å². The lowest BCUT2D eigenvalue weighted by Crippen LogP contribution is -2.30. The minimum atomic E-state index is 0.411. The Hall–Kier alpha value is -0.0400. The average Bonchev–Trinajstić information content (AvgIpc) is 2.02. The minimum absolute atomic E-state index is 0.411. The molecule has 0 rings (SSSR count). The van der Waals surface area contributed by atoms with Crippen LogP contribution in [0.2, 0.25) is 0 Å². The topological polar surface area (TPSA) is 26.0 Å². The summed E-state index contributed by atoms with van der Waals surface area (Å²) in [6.07, 6.45) is 4.87. The first-order valence-corrected chi connectivity index (χ1v) is 5.66. The van der Waals surface area contributed by atoms with Gasteiger partial charge in [0.25, 0.3) is 0 Å². The Kier molecular flexibility index (Phi) is 5.62. The van der Waals surface area contributed by atoms with Gasteiger partial charge in [0.1, 0.15) is 0 Å². The largest absolute Gasteiger partial charge is 0.327 e. The van der Waals surface area contributed by atoms with E-state index < -0.39 is 0 Å². The van der Waals surface area contributed by atoms with Crippen LogP contribution in [0.1, 0.15) is 60.3 Å². The summed E-state index contributed by atoms with van der Waals surface area (Å²) in [6.45, 7) is 11.3. The second-order valence-corrected chi connectivity index (χ2v) is 5.34. The summed E-state index contributed by atoms with van der Waals surface area (Å²) in [5.41, 5.74) is 6.58. The van der Waals surface area contributed by atoms with Gasteiger partial charge in [0.2, 0.25) is 0 Å². The fraction of sp³-hybridized carbons (Fsp3) is 1.00. The van der Waals surface area contributed by atoms with Crippen LogP contribution in [0.4, 0.5) is 0 Å². The van der Waals surface area contributed by atoms with E-state index in [9.17, 15) is 0 Å². The summed E-state index contributed by atoms with van der Waals surface area (Å²) in [6, 6.07) is 0.411. The Bertz CT molecular complexity index is 120. The average molecular weight is 185 g/mol. The van der Waals surface area contributed by atoms with E-state index in [1.165, 1.54) is 25.7 Å². The molecule has 80 valence electrons. The Morgan fingerprint density at radius 3 is 1.85 bits per heavy atom. The molecule has 0 aliphatic heterocycles. The molecule has 0 spiro atoms. The summed E-state index contributed by atoms with van der Waals surface area (Å²) >= 11 is 0. The zero-order valence-electron chi connectivity index (χ0n) is 10.1.